The van der Waals surface area contributed by atoms with Crippen LogP contribution in [0.5, 0.6) is 0 Å². The molecule has 5 rings (SSSR count). The maximum absolute atomic E-state index is 4.76. The van der Waals surface area contributed by atoms with Crippen LogP contribution < -0.4 is 5.32 Å². The fraction of sp³-hybridized carbons (Fsp3) is 0.300. The molecule has 4 aromatic rings. The molecule has 0 spiro atoms. The Balaban J connectivity index is 1.37. The van der Waals surface area contributed by atoms with Crippen LogP contribution in [0.25, 0.3) is 17.1 Å². The fourth-order valence-electron chi connectivity index (χ4n) is 3.64. The van der Waals surface area contributed by atoms with E-state index in [1.54, 1.807) is 17.7 Å². The zero-order valence-electron chi connectivity index (χ0n) is 15.9. The van der Waals surface area contributed by atoms with Gasteiger partial charge >= 0.3 is 0 Å². The molecule has 4 heterocycles. The van der Waals surface area contributed by atoms with Gasteiger partial charge in [-0.15, -0.1) is 11.3 Å². The summed E-state index contributed by atoms with van der Waals surface area (Å²) in [6.07, 6.45) is 10.2. The number of aromatic nitrogens is 6. The van der Waals surface area contributed by atoms with Crippen LogP contribution in [0.15, 0.2) is 36.2 Å². The second kappa shape index (κ2) is 6.87. The molecule has 142 valence electrons. The molecule has 0 unspecified atom stereocenters. The Morgan fingerprint density at radius 1 is 1.14 bits per heavy atom. The minimum absolute atomic E-state index is 0.847. The van der Waals surface area contributed by atoms with Crippen molar-refractivity contribution in [2.45, 2.75) is 32.6 Å². The lowest BCUT2D eigenvalue weighted by atomic mass is 9.97. The second-order valence-corrected chi connectivity index (χ2v) is 7.95. The predicted octanol–water partition coefficient (Wildman–Crippen LogP) is 4.06. The Labute approximate surface area is 167 Å². The molecule has 1 aliphatic carbocycles. The third-order valence-corrected chi connectivity index (χ3v) is 5.83. The smallest absolute Gasteiger partial charge is 0.188 e. The molecule has 1 N–H and O–H groups in total. The number of nitrogens with zero attached hydrogens (tertiary/aromatic N) is 6. The van der Waals surface area contributed by atoms with E-state index < -0.39 is 0 Å². The van der Waals surface area contributed by atoms with Crippen molar-refractivity contribution < 1.29 is 0 Å². The summed E-state index contributed by atoms with van der Waals surface area (Å²) in [6.45, 7) is 1.97. The monoisotopic (exact) mass is 391 g/mol. The molecule has 0 aliphatic heterocycles. The van der Waals surface area contributed by atoms with Gasteiger partial charge < -0.3 is 5.32 Å². The number of aryl methyl sites for hydroxylation is 3. The maximum Gasteiger partial charge on any atom is 0.188 e. The first-order valence-electron chi connectivity index (χ1n) is 9.42. The topological polar surface area (TPSA) is 73.5 Å². The second-order valence-electron chi connectivity index (χ2n) is 7.09. The van der Waals surface area contributed by atoms with E-state index in [4.69, 9.17) is 4.98 Å². The van der Waals surface area contributed by atoms with Crippen molar-refractivity contribution in [3.05, 3.63) is 53.2 Å². The number of fused-ring (bicyclic) bond motifs is 1. The Morgan fingerprint density at radius 2 is 2.04 bits per heavy atom. The van der Waals surface area contributed by atoms with Crippen molar-refractivity contribution in [1.29, 1.82) is 0 Å². The summed E-state index contributed by atoms with van der Waals surface area (Å²) in [5.74, 6) is 1.92. The van der Waals surface area contributed by atoms with Gasteiger partial charge in [0, 0.05) is 35.9 Å². The molecule has 4 aromatic heterocycles. The summed E-state index contributed by atoms with van der Waals surface area (Å²) in [5, 5.41) is 11.1. The summed E-state index contributed by atoms with van der Waals surface area (Å²) in [7, 11) is 2.00. The molecule has 0 atom stereocenters. The van der Waals surface area contributed by atoms with Crippen LogP contribution in [0, 0.1) is 6.92 Å². The van der Waals surface area contributed by atoms with Crippen molar-refractivity contribution in [3.63, 3.8) is 0 Å². The van der Waals surface area contributed by atoms with Gasteiger partial charge in [0.2, 0.25) is 0 Å². The molecule has 0 fully saturated rings. The molecule has 8 heteroatoms. The van der Waals surface area contributed by atoms with E-state index in [0.29, 0.717) is 0 Å². The number of rotatable bonds is 4. The Morgan fingerprint density at radius 3 is 2.82 bits per heavy atom. The molecule has 0 saturated heterocycles. The molecule has 0 aromatic carbocycles. The zero-order chi connectivity index (χ0) is 19.1. The first-order valence-corrected chi connectivity index (χ1v) is 10.3. The summed E-state index contributed by atoms with van der Waals surface area (Å²) in [4.78, 5) is 13.6. The van der Waals surface area contributed by atoms with Gasteiger partial charge in [-0.1, -0.05) is 0 Å². The third-order valence-electron chi connectivity index (χ3n) is 5.07. The molecule has 7 nitrogen and oxygen atoms in total. The van der Waals surface area contributed by atoms with Crippen LogP contribution in [0.1, 0.15) is 29.8 Å². The van der Waals surface area contributed by atoms with E-state index in [-0.39, 0.29) is 0 Å². The lowest BCUT2D eigenvalue weighted by Gasteiger charge is -2.11. The average Bonchev–Trinajstić information content (AvgIpc) is 3.42. The van der Waals surface area contributed by atoms with Crippen LogP contribution >= 0.6 is 11.3 Å². The standard InChI is InChI=1S/C20H21N7S/c1-13-10-27(12-22-13)18-8-7-14(9-21-18)17-11-28-20(23-17)24-19-15-5-3-4-6-16(15)25-26(19)2/h7-12H,3-6H2,1-2H3,(H,23,24). The van der Waals surface area contributed by atoms with Crippen molar-refractivity contribution in [3.8, 4) is 17.1 Å². The lowest BCUT2D eigenvalue weighted by molar-refractivity contribution is 0.664. The highest BCUT2D eigenvalue weighted by atomic mass is 32.1. The van der Waals surface area contributed by atoms with Crippen molar-refractivity contribution in [2.24, 2.45) is 7.05 Å². The van der Waals surface area contributed by atoms with Crippen molar-refractivity contribution >= 4 is 22.3 Å². The van der Waals surface area contributed by atoms with Gasteiger partial charge in [-0.3, -0.25) is 9.25 Å². The average molecular weight is 392 g/mol. The van der Waals surface area contributed by atoms with Crippen molar-refractivity contribution in [1.82, 2.24) is 29.3 Å². The Bertz CT molecular complexity index is 1120. The molecule has 0 bridgehead atoms. The van der Waals surface area contributed by atoms with E-state index in [1.807, 2.05) is 47.7 Å². The molecule has 1 aliphatic rings. The summed E-state index contributed by atoms with van der Waals surface area (Å²) in [5.41, 5.74) is 5.45. The third kappa shape index (κ3) is 3.09. The molecular formula is C20H21N7S. The zero-order valence-corrected chi connectivity index (χ0v) is 16.7. The number of thiazole rings is 1. The van der Waals surface area contributed by atoms with E-state index in [9.17, 15) is 0 Å². The summed E-state index contributed by atoms with van der Waals surface area (Å²) < 4.78 is 3.86. The van der Waals surface area contributed by atoms with Gasteiger partial charge in [0.25, 0.3) is 0 Å². The van der Waals surface area contributed by atoms with Crippen LogP contribution in [0.3, 0.4) is 0 Å². The molecule has 28 heavy (non-hydrogen) atoms. The van der Waals surface area contributed by atoms with E-state index in [2.05, 4.69) is 25.8 Å². The van der Waals surface area contributed by atoms with Gasteiger partial charge in [0.1, 0.15) is 18.0 Å². The predicted molar refractivity (Wildman–Crippen MR) is 110 cm³/mol. The van der Waals surface area contributed by atoms with Crippen molar-refractivity contribution in [2.75, 3.05) is 5.32 Å². The number of hydrogen-bond acceptors (Lipinski definition) is 6. The number of hydrogen-bond donors (Lipinski definition) is 1. The largest absolute Gasteiger partial charge is 0.316 e. The molecule has 0 saturated carbocycles. The summed E-state index contributed by atoms with van der Waals surface area (Å²) in [6, 6.07) is 4.03. The number of nitrogens with one attached hydrogen (secondary N) is 1. The van der Waals surface area contributed by atoms with E-state index >= 15 is 0 Å². The highest BCUT2D eigenvalue weighted by Crippen LogP contribution is 2.32. The lowest BCUT2D eigenvalue weighted by Crippen LogP contribution is -2.03. The fourth-order valence-corrected chi connectivity index (χ4v) is 4.36. The number of anilines is 2. The Kier molecular flexibility index (Phi) is 4.20. The van der Waals surface area contributed by atoms with E-state index in [1.165, 1.54) is 24.1 Å². The molecular weight excluding hydrogens is 370 g/mol. The number of imidazole rings is 1. The van der Waals surface area contributed by atoms with Gasteiger partial charge in [0.15, 0.2) is 5.13 Å². The van der Waals surface area contributed by atoms with Crippen LogP contribution in [-0.4, -0.2) is 29.3 Å². The molecule has 0 radical (unpaired) electrons. The minimum atomic E-state index is 0.847. The van der Waals surface area contributed by atoms with Crippen LogP contribution in [-0.2, 0) is 19.9 Å². The van der Waals surface area contributed by atoms with E-state index in [0.717, 1.165) is 46.6 Å². The number of pyridine rings is 1. The first kappa shape index (κ1) is 17.1. The van der Waals surface area contributed by atoms with Gasteiger partial charge in [-0.25, -0.2) is 15.0 Å². The van der Waals surface area contributed by atoms with Gasteiger partial charge in [-0.2, -0.15) is 5.10 Å². The van der Waals surface area contributed by atoms with Gasteiger partial charge in [0.05, 0.1) is 17.1 Å². The highest BCUT2D eigenvalue weighted by molar-refractivity contribution is 7.14. The Hall–Kier alpha value is -3.00. The van der Waals surface area contributed by atoms with Crippen LogP contribution in [0.2, 0.25) is 0 Å². The minimum Gasteiger partial charge on any atom is -0.316 e. The van der Waals surface area contributed by atoms with Crippen LogP contribution in [0.4, 0.5) is 10.9 Å². The highest BCUT2D eigenvalue weighted by Gasteiger charge is 2.20. The maximum atomic E-state index is 4.76. The quantitative estimate of drug-likeness (QED) is 0.568. The normalized spacial score (nSPS) is 13.5. The molecule has 0 amide bonds. The SMILES string of the molecule is Cc1cn(-c2ccc(-c3csc(Nc4c5c(nn4C)CCCC5)n3)cn2)cn1. The first-order chi connectivity index (χ1) is 13.7. The van der Waals surface area contributed by atoms with Gasteiger partial charge in [-0.05, 0) is 44.7 Å². The summed E-state index contributed by atoms with van der Waals surface area (Å²) >= 11 is 1.60.